The Kier molecular flexibility index (Phi) is 5.87. The van der Waals surface area contributed by atoms with Gasteiger partial charge in [-0.1, -0.05) is 31.9 Å². The van der Waals surface area contributed by atoms with Crippen LogP contribution in [0.15, 0.2) is 24.3 Å². The van der Waals surface area contributed by atoms with E-state index in [-0.39, 0.29) is 11.7 Å². The van der Waals surface area contributed by atoms with E-state index < -0.39 is 5.41 Å². The van der Waals surface area contributed by atoms with Gasteiger partial charge in [-0.05, 0) is 44.4 Å². The molecule has 0 radical (unpaired) electrons. The smallest absolute Gasteiger partial charge is 0.312 e. The first-order valence-corrected chi connectivity index (χ1v) is 6.97. The van der Waals surface area contributed by atoms with Crippen molar-refractivity contribution in [2.45, 2.75) is 46.5 Å². The number of ether oxygens (including phenoxy) is 1. The Morgan fingerprint density at radius 3 is 2.42 bits per heavy atom. The van der Waals surface area contributed by atoms with Crippen LogP contribution in [-0.4, -0.2) is 17.7 Å². The maximum atomic E-state index is 12.2. The minimum absolute atomic E-state index is 0.128. The second-order valence-corrected chi connectivity index (χ2v) is 5.23. The van der Waals surface area contributed by atoms with E-state index in [1.54, 1.807) is 12.1 Å². The fourth-order valence-electron chi connectivity index (χ4n) is 2.20. The van der Waals surface area contributed by atoms with Gasteiger partial charge < -0.3 is 9.84 Å². The number of rotatable bonds is 7. The molecule has 106 valence electrons. The highest BCUT2D eigenvalue weighted by Crippen LogP contribution is 2.31. The fraction of sp³-hybridized carbons (Fsp3) is 0.562. The van der Waals surface area contributed by atoms with Gasteiger partial charge in [0.15, 0.2) is 0 Å². The minimum Gasteiger partial charge on any atom is -0.508 e. The fourth-order valence-corrected chi connectivity index (χ4v) is 2.20. The molecule has 1 N–H and O–H groups in total. The lowest BCUT2D eigenvalue weighted by Gasteiger charge is -2.27. The van der Waals surface area contributed by atoms with E-state index >= 15 is 0 Å². The number of esters is 1. The summed E-state index contributed by atoms with van der Waals surface area (Å²) >= 11 is 0. The standard InChI is InChI=1S/C16H24O3/c1-4-6-11-16(3,15(18)19-5-2)12-13-7-9-14(17)10-8-13/h7-10,17H,4-6,11-12H2,1-3H3. The van der Waals surface area contributed by atoms with Crippen LogP contribution < -0.4 is 0 Å². The van der Waals surface area contributed by atoms with Crippen LogP contribution in [0.2, 0.25) is 0 Å². The Bertz CT molecular complexity index is 397. The molecule has 0 bridgehead atoms. The quantitative estimate of drug-likeness (QED) is 0.764. The highest BCUT2D eigenvalue weighted by molar-refractivity contribution is 5.76. The maximum absolute atomic E-state index is 12.2. The van der Waals surface area contributed by atoms with E-state index in [2.05, 4.69) is 6.92 Å². The summed E-state index contributed by atoms with van der Waals surface area (Å²) in [7, 11) is 0. The van der Waals surface area contributed by atoms with Crippen LogP contribution in [0.4, 0.5) is 0 Å². The van der Waals surface area contributed by atoms with E-state index in [0.717, 1.165) is 24.8 Å². The van der Waals surface area contributed by atoms with Gasteiger partial charge in [0.2, 0.25) is 0 Å². The van der Waals surface area contributed by atoms with Crippen molar-refractivity contribution in [2.75, 3.05) is 6.61 Å². The van der Waals surface area contributed by atoms with E-state index in [9.17, 15) is 9.90 Å². The number of phenols is 1. The minimum atomic E-state index is -0.483. The molecular weight excluding hydrogens is 240 g/mol. The third-order valence-electron chi connectivity index (χ3n) is 3.38. The summed E-state index contributed by atoms with van der Waals surface area (Å²) in [5, 5.41) is 9.30. The molecular formula is C16H24O3. The van der Waals surface area contributed by atoms with Crippen LogP contribution in [0.25, 0.3) is 0 Å². The summed E-state index contributed by atoms with van der Waals surface area (Å²) in [4.78, 5) is 12.2. The summed E-state index contributed by atoms with van der Waals surface area (Å²) in [6, 6.07) is 7.03. The molecule has 3 nitrogen and oxygen atoms in total. The molecule has 1 rings (SSSR count). The molecule has 0 saturated heterocycles. The van der Waals surface area contributed by atoms with Crippen LogP contribution in [0, 0.1) is 5.41 Å². The lowest BCUT2D eigenvalue weighted by molar-refractivity contribution is -0.154. The van der Waals surface area contributed by atoms with Crippen molar-refractivity contribution >= 4 is 5.97 Å². The normalized spacial score (nSPS) is 13.8. The zero-order chi connectivity index (χ0) is 14.3. The molecule has 1 unspecified atom stereocenters. The average molecular weight is 264 g/mol. The number of carbonyl (C=O) groups is 1. The maximum Gasteiger partial charge on any atom is 0.312 e. The number of unbranched alkanes of at least 4 members (excludes halogenated alkanes) is 1. The Hall–Kier alpha value is -1.51. The van der Waals surface area contributed by atoms with Crippen LogP contribution in [0.3, 0.4) is 0 Å². The van der Waals surface area contributed by atoms with Gasteiger partial charge in [0.25, 0.3) is 0 Å². The number of carbonyl (C=O) groups excluding carboxylic acids is 1. The van der Waals surface area contributed by atoms with Gasteiger partial charge in [0, 0.05) is 0 Å². The highest BCUT2D eigenvalue weighted by Gasteiger charge is 2.34. The third-order valence-corrected chi connectivity index (χ3v) is 3.38. The molecule has 1 aromatic rings. The molecule has 19 heavy (non-hydrogen) atoms. The summed E-state index contributed by atoms with van der Waals surface area (Å²) in [5.41, 5.74) is 0.563. The van der Waals surface area contributed by atoms with Crippen LogP contribution >= 0.6 is 0 Å². The first-order valence-electron chi connectivity index (χ1n) is 6.97. The Labute approximate surface area is 115 Å². The number of aromatic hydroxyl groups is 1. The summed E-state index contributed by atoms with van der Waals surface area (Å²) in [6.07, 6.45) is 3.54. The molecule has 0 heterocycles. The first kappa shape index (κ1) is 15.5. The van der Waals surface area contributed by atoms with E-state index in [1.807, 2.05) is 26.0 Å². The average Bonchev–Trinajstić information content (AvgIpc) is 2.39. The van der Waals surface area contributed by atoms with Crippen LogP contribution in [-0.2, 0) is 16.0 Å². The lowest BCUT2D eigenvalue weighted by Crippen LogP contribution is -2.32. The van der Waals surface area contributed by atoms with Crippen molar-refractivity contribution in [1.82, 2.24) is 0 Å². The second kappa shape index (κ2) is 7.17. The van der Waals surface area contributed by atoms with Crippen LogP contribution in [0.5, 0.6) is 5.75 Å². The summed E-state index contributed by atoms with van der Waals surface area (Å²) in [5.74, 6) is 0.117. The van der Waals surface area contributed by atoms with Crippen molar-refractivity contribution in [1.29, 1.82) is 0 Å². The molecule has 0 aromatic heterocycles. The lowest BCUT2D eigenvalue weighted by atomic mass is 9.79. The summed E-state index contributed by atoms with van der Waals surface area (Å²) < 4.78 is 5.21. The molecule has 0 aliphatic heterocycles. The van der Waals surface area contributed by atoms with Gasteiger partial charge in [-0.2, -0.15) is 0 Å². The number of hydrogen-bond donors (Lipinski definition) is 1. The van der Waals surface area contributed by atoms with Crippen molar-refractivity contribution in [3.8, 4) is 5.75 Å². The Morgan fingerprint density at radius 2 is 1.89 bits per heavy atom. The van der Waals surface area contributed by atoms with Crippen LogP contribution in [0.1, 0.15) is 45.6 Å². The zero-order valence-corrected chi connectivity index (χ0v) is 12.1. The van der Waals surface area contributed by atoms with Crippen molar-refractivity contribution in [2.24, 2.45) is 5.41 Å². The molecule has 3 heteroatoms. The molecule has 1 atom stereocenters. The second-order valence-electron chi connectivity index (χ2n) is 5.23. The molecule has 0 spiro atoms. The van der Waals surface area contributed by atoms with Gasteiger partial charge >= 0.3 is 5.97 Å². The molecule has 0 aliphatic rings. The molecule has 0 fully saturated rings. The van der Waals surface area contributed by atoms with Gasteiger partial charge in [-0.15, -0.1) is 0 Å². The largest absolute Gasteiger partial charge is 0.508 e. The van der Waals surface area contributed by atoms with Crippen molar-refractivity contribution in [3.05, 3.63) is 29.8 Å². The van der Waals surface area contributed by atoms with Crippen molar-refractivity contribution in [3.63, 3.8) is 0 Å². The van der Waals surface area contributed by atoms with Gasteiger partial charge in [-0.25, -0.2) is 0 Å². The van der Waals surface area contributed by atoms with E-state index in [0.29, 0.717) is 13.0 Å². The highest BCUT2D eigenvalue weighted by atomic mass is 16.5. The Balaban J connectivity index is 2.83. The van der Waals surface area contributed by atoms with Gasteiger partial charge in [-0.3, -0.25) is 4.79 Å². The van der Waals surface area contributed by atoms with Gasteiger partial charge in [0.1, 0.15) is 5.75 Å². The molecule has 0 aliphatic carbocycles. The zero-order valence-electron chi connectivity index (χ0n) is 12.1. The topological polar surface area (TPSA) is 46.5 Å². The summed E-state index contributed by atoms with van der Waals surface area (Å²) in [6.45, 7) is 6.33. The van der Waals surface area contributed by atoms with Crippen molar-refractivity contribution < 1.29 is 14.6 Å². The first-order chi connectivity index (χ1) is 9.01. The van der Waals surface area contributed by atoms with E-state index in [4.69, 9.17) is 4.74 Å². The van der Waals surface area contributed by atoms with Gasteiger partial charge in [0.05, 0.1) is 12.0 Å². The van der Waals surface area contributed by atoms with E-state index in [1.165, 1.54) is 0 Å². The number of phenolic OH excluding ortho intramolecular Hbond substituents is 1. The number of hydrogen-bond acceptors (Lipinski definition) is 3. The SMILES string of the molecule is CCCCC(C)(Cc1ccc(O)cc1)C(=O)OCC. The predicted octanol–water partition coefficient (Wildman–Crippen LogP) is 3.69. The monoisotopic (exact) mass is 264 g/mol. The third kappa shape index (κ3) is 4.58. The predicted molar refractivity (Wildman–Crippen MR) is 76.1 cm³/mol. The molecule has 1 aromatic carbocycles. The Morgan fingerprint density at radius 1 is 1.26 bits per heavy atom. The molecule has 0 amide bonds. The molecule has 0 saturated carbocycles. The number of benzene rings is 1.